The molecule has 5 heteroatoms. The van der Waals surface area contributed by atoms with Gasteiger partial charge in [-0.1, -0.05) is 29.8 Å². The summed E-state index contributed by atoms with van der Waals surface area (Å²) in [7, 11) is 0. The highest BCUT2D eigenvalue weighted by atomic mass is 16.5. The average Bonchev–Trinajstić information content (AvgIpc) is 3.14. The zero-order chi connectivity index (χ0) is 19.5. The van der Waals surface area contributed by atoms with Gasteiger partial charge in [0.15, 0.2) is 11.5 Å². The molecular formula is C23H26N2O3. The summed E-state index contributed by atoms with van der Waals surface area (Å²) in [6.45, 7) is 5.98. The molecule has 0 saturated carbocycles. The van der Waals surface area contributed by atoms with E-state index in [2.05, 4.69) is 18.0 Å². The van der Waals surface area contributed by atoms with Crippen LogP contribution < -0.4 is 4.74 Å². The first-order valence-electron chi connectivity index (χ1n) is 9.93. The van der Waals surface area contributed by atoms with Crippen LogP contribution in [-0.2, 0) is 4.79 Å². The second-order valence-corrected chi connectivity index (χ2v) is 7.54. The van der Waals surface area contributed by atoms with E-state index < -0.39 is 0 Å². The number of oxazole rings is 1. The molecule has 0 radical (unpaired) electrons. The van der Waals surface area contributed by atoms with Gasteiger partial charge in [-0.25, -0.2) is 4.98 Å². The number of benzene rings is 2. The minimum Gasteiger partial charge on any atom is -0.493 e. The Balaban J connectivity index is 1.26. The van der Waals surface area contributed by atoms with Crippen LogP contribution in [0.1, 0.15) is 42.2 Å². The van der Waals surface area contributed by atoms with E-state index in [-0.39, 0.29) is 11.8 Å². The van der Waals surface area contributed by atoms with Crippen LogP contribution in [0.25, 0.3) is 11.1 Å². The van der Waals surface area contributed by atoms with Crippen molar-refractivity contribution in [2.75, 3.05) is 19.7 Å². The number of aryl methyl sites for hydroxylation is 2. The zero-order valence-corrected chi connectivity index (χ0v) is 16.5. The number of carbonyl (C=O) groups is 1. The summed E-state index contributed by atoms with van der Waals surface area (Å²) in [5.41, 5.74) is 4.05. The highest BCUT2D eigenvalue weighted by Crippen LogP contribution is 2.30. The Morgan fingerprint density at radius 1 is 1.18 bits per heavy atom. The Morgan fingerprint density at radius 2 is 1.96 bits per heavy atom. The molecule has 1 fully saturated rings. The maximum atomic E-state index is 12.5. The maximum Gasteiger partial charge on any atom is 0.225 e. The fourth-order valence-electron chi connectivity index (χ4n) is 3.81. The number of rotatable bonds is 5. The van der Waals surface area contributed by atoms with Crippen molar-refractivity contribution in [1.82, 2.24) is 9.88 Å². The van der Waals surface area contributed by atoms with Gasteiger partial charge in [0.1, 0.15) is 11.3 Å². The van der Waals surface area contributed by atoms with E-state index in [0.29, 0.717) is 13.0 Å². The van der Waals surface area contributed by atoms with Crippen LogP contribution in [0.2, 0.25) is 0 Å². The molecule has 5 nitrogen and oxygen atoms in total. The van der Waals surface area contributed by atoms with Gasteiger partial charge in [0.25, 0.3) is 0 Å². The molecule has 1 aliphatic rings. The van der Waals surface area contributed by atoms with Gasteiger partial charge in [-0.15, -0.1) is 0 Å². The van der Waals surface area contributed by atoms with Crippen LogP contribution in [-0.4, -0.2) is 35.5 Å². The van der Waals surface area contributed by atoms with Gasteiger partial charge in [-0.05, 0) is 50.5 Å². The number of amides is 1. The molecule has 2 heterocycles. The van der Waals surface area contributed by atoms with Crippen molar-refractivity contribution in [3.05, 3.63) is 59.5 Å². The lowest BCUT2D eigenvalue weighted by atomic mass is 9.96. The third kappa shape index (κ3) is 4.03. The standard InChI is InChI=1S/C23H26N2O3/c1-16-7-8-20(17(2)15-16)27-14-11-22(26)25-12-9-18(10-13-25)23-24-19-5-3-4-6-21(19)28-23/h3-8,15,18H,9-14H2,1-2H3. The lowest BCUT2D eigenvalue weighted by molar-refractivity contribution is -0.132. The van der Waals surface area contributed by atoms with Crippen molar-refractivity contribution in [3.63, 3.8) is 0 Å². The summed E-state index contributed by atoms with van der Waals surface area (Å²) in [4.78, 5) is 19.1. The summed E-state index contributed by atoms with van der Waals surface area (Å²) in [6.07, 6.45) is 2.17. The van der Waals surface area contributed by atoms with Gasteiger partial charge in [0, 0.05) is 19.0 Å². The molecule has 0 atom stereocenters. The van der Waals surface area contributed by atoms with Gasteiger partial charge in [0.05, 0.1) is 13.0 Å². The SMILES string of the molecule is Cc1ccc(OCCC(=O)N2CCC(c3nc4ccccc4o3)CC2)c(C)c1. The van der Waals surface area contributed by atoms with Crippen molar-refractivity contribution in [2.45, 2.75) is 39.0 Å². The van der Waals surface area contributed by atoms with Crippen molar-refractivity contribution in [1.29, 1.82) is 0 Å². The minimum atomic E-state index is 0.153. The molecule has 1 aromatic heterocycles. The normalized spacial score (nSPS) is 15.1. The third-order valence-electron chi connectivity index (χ3n) is 5.41. The molecule has 28 heavy (non-hydrogen) atoms. The number of fused-ring (bicyclic) bond motifs is 1. The Hall–Kier alpha value is -2.82. The van der Waals surface area contributed by atoms with E-state index in [1.54, 1.807) is 0 Å². The summed E-state index contributed by atoms with van der Waals surface area (Å²) in [6, 6.07) is 13.9. The molecule has 0 bridgehead atoms. The highest BCUT2D eigenvalue weighted by Gasteiger charge is 2.26. The lowest BCUT2D eigenvalue weighted by Crippen LogP contribution is -2.38. The molecule has 2 aromatic carbocycles. The number of nitrogens with zero attached hydrogens (tertiary/aromatic N) is 2. The molecule has 0 aliphatic carbocycles. The number of para-hydroxylation sites is 2. The first kappa shape index (κ1) is 18.5. The fraction of sp³-hybridized carbons (Fsp3) is 0.391. The summed E-state index contributed by atoms with van der Waals surface area (Å²) >= 11 is 0. The summed E-state index contributed by atoms with van der Waals surface area (Å²) in [5, 5.41) is 0. The number of hydrogen-bond acceptors (Lipinski definition) is 4. The number of carbonyl (C=O) groups excluding carboxylic acids is 1. The van der Waals surface area contributed by atoms with Crippen LogP contribution in [0.5, 0.6) is 5.75 Å². The molecule has 0 N–H and O–H groups in total. The Kier molecular flexibility index (Phi) is 5.33. The fourth-order valence-corrected chi connectivity index (χ4v) is 3.81. The predicted molar refractivity (Wildman–Crippen MR) is 109 cm³/mol. The molecule has 146 valence electrons. The predicted octanol–water partition coefficient (Wildman–Crippen LogP) is 4.62. The van der Waals surface area contributed by atoms with Gasteiger partial charge in [-0.3, -0.25) is 4.79 Å². The van der Waals surface area contributed by atoms with Gasteiger partial charge in [0.2, 0.25) is 5.91 Å². The first-order valence-corrected chi connectivity index (χ1v) is 9.93. The number of hydrogen-bond donors (Lipinski definition) is 0. The second kappa shape index (κ2) is 8.05. The summed E-state index contributed by atoms with van der Waals surface area (Å²) in [5.74, 6) is 2.09. The van der Waals surface area contributed by atoms with E-state index in [1.165, 1.54) is 5.56 Å². The molecule has 3 aromatic rings. The lowest BCUT2D eigenvalue weighted by Gasteiger charge is -2.30. The molecule has 1 saturated heterocycles. The molecular weight excluding hydrogens is 352 g/mol. The first-order chi connectivity index (χ1) is 13.6. The van der Waals surface area contributed by atoms with Gasteiger partial charge in [-0.2, -0.15) is 0 Å². The number of piperidine rings is 1. The van der Waals surface area contributed by atoms with Gasteiger partial charge >= 0.3 is 0 Å². The number of ether oxygens (including phenoxy) is 1. The number of aromatic nitrogens is 1. The average molecular weight is 378 g/mol. The largest absolute Gasteiger partial charge is 0.493 e. The highest BCUT2D eigenvalue weighted by molar-refractivity contribution is 5.76. The Bertz CT molecular complexity index is 938. The molecule has 0 unspecified atom stereocenters. The molecule has 0 spiro atoms. The van der Waals surface area contributed by atoms with Crippen molar-refractivity contribution in [3.8, 4) is 5.75 Å². The minimum absolute atomic E-state index is 0.153. The van der Waals surface area contributed by atoms with Crippen LogP contribution in [0.15, 0.2) is 46.9 Å². The van der Waals surface area contributed by atoms with Crippen LogP contribution in [0, 0.1) is 13.8 Å². The molecule has 1 amide bonds. The van der Waals surface area contributed by atoms with E-state index >= 15 is 0 Å². The quantitative estimate of drug-likeness (QED) is 0.650. The number of likely N-dealkylation sites (tertiary alicyclic amines) is 1. The second-order valence-electron chi connectivity index (χ2n) is 7.54. The topological polar surface area (TPSA) is 55.6 Å². The van der Waals surface area contributed by atoms with Crippen LogP contribution in [0.4, 0.5) is 0 Å². The Labute approximate surface area is 165 Å². The van der Waals surface area contributed by atoms with Crippen molar-refractivity contribution < 1.29 is 13.9 Å². The van der Waals surface area contributed by atoms with Crippen molar-refractivity contribution in [2.24, 2.45) is 0 Å². The van der Waals surface area contributed by atoms with E-state index in [9.17, 15) is 4.79 Å². The zero-order valence-electron chi connectivity index (χ0n) is 16.5. The maximum absolute atomic E-state index is 12.5. The third-order valence-corrected chi connectivity index (χ3v) is 5.41. The van der Waals surface area contributed by atoms with Crippen LogP contribution >= 0.6 is 0 Å². The smallest absolute Gasteiger partial charge is 0.225 e. The monoisotopic (exact) mass is 378 g/mol. The van der Waals surface area contributed by atoms with E-state index in [4.69, 9.17) is 9.15 Å². The van der Waals surface area contributed by atoms with E-state index in [0.717, 1.165) is 54.2 Å². The summed E-state index contributed by atoms with van der Waals surface area (Å²) < 4.78 is 11.7. The van der Waals surface area contributed by atoms with Crippen LogP contribution in [0.3, 0.4) is 0 Å². The van der Waals surface area contributed by atoms with Crippen molar-refractivity contribution >= 4 is 17.0 Å². The molecule has 1 aliphatic heterocycles. The molecule has 4 rings (SSSR count). The Morgan fingerprint density at radius 3 is 2.71 bits per heavy atom. The van der Waals surface area contributed by atoms with E-state index in [1.807, 2.05) is 48.2 Å². The van der Waals surface area contributed by atoms with Gasteiger partial charge < -0.3 is 14.1 Å².